The average Bonchev–Trinajstić information content (AvgIpc) is 2.50. The molecule has 2 N–H and O–H groups in total. The molecule has 0 aliphatic carbocycles. The summed E-state index contributed by atoms with van der Waals surface area (Å²) in [7, 11) is 0. The van der Waals surface area contributed by atoms with Gasteiger partial charge in [-0.05, 0) is 30.7 Å². The molecule has 0 radical (unpaired) electrons. The number of benzene rings is 2. The number of rotatable bonds is 3. The van der Waals surface area contributed by atoms with Crippen LogP contribution in [0.15, 0.2) is 48.5 Å². The van der Waals surface area contributed by atoms with Crippen LogP contribution >= 0.6 is 0 Å². The number of aryl methyl sites for hydroxylation is 1. The van der Waals surface area contributed by atoms with E-state index in [0.29, 0.717) is 18.2 Å². The van der Waals surface area contributed by atoms with Gasteiger partial charge in [0.05, 0.1) is 5.52 Å². The first-order chi connectivity index (χ1) is 10.2. The minimum atomic E-state index is -0.342. The molecule has 4 heteroatoms. The summed E-state index contributed by atoms with van der Waals surface area (Å²) in [4.78, 5) is 4.49. The van der Waals surface area contributed by atoms with E-state index in [9.17, 15) is 4.39 Å². The van der Waals surface area contributed by atoms with Gasteiger partial charge in [-0.2, -0.15) is 0 Å². The quantitative estimate of drug-likeness (QED) is 0.791. The van der Waals surface area contributed by atoms with Crippen molar-refractivity contribution in [3.63, 3.8) is 0 Å². The van der Waals surface area contributed by atoms with Crippen molar-refractivity contribution in [1.29, 1.82) is 0 Å². The maximum Gasteiger partial charge on any atom is 0.224 e. The number of nitrogens with two attached hydrogens (primary N) is 1. The van der Waals surface area contributed by atoms with Gasteiger partial charge in [0.15, 0.2) is 0 Å². The van der Waals surface area contributed by atoms with Crippen molar-refractivity contribution in [3.8, 4) is 11.6 Å². The number of aromatic nitrogens is 1. The zero-order valence-electron chi connectivity index (χ0n) is 11.6. The number of halogens is 1. The molecule has 0 aliphatic rings. The van der Waals surface area contributed by atoms with Crippen LogP contribution < -0.4 is 10.5 Å². The second-order valence-corrected chi connectivity index (χ2v) is 4.86. The molecule has 3 nitrogen and oxygen atoms in total. The predicted molar refractivity (Wildman–Crippen MR) is 80.8 cm³/mol. The van der Waals surface area contributed by atoms with Crippen molar-refractivity contribution in [2.24, 2.45) is 5.73 Å². The average molecular weight is 282 g/mol. The maximum atomic E-state index is 13.4. The predicted octanol–water partition coefficient (Wildman–Crippen LogP) is 3.93. The van der Waals surface area contributed by atoms with Gasteiger partial charge in [0.25, 0.3) is 0 Å². The molecule has 106 valence electrons. The van der Waals surface area contributed by atoms with Gasteiger partial charge in [-0.15, -0.1) is 0 Å². The highest BCUT2D eigenvalue weighted by atomic mass is 19.1. The zero-order chi connectivity index (χ0) is 14.8. The van der Waals surface area contributed by atoms with Gasteiger partial charge in [0.2, 0.25) is 5.88 Å². The van der Waals surface area contributed by atoms with Crippen LogP contribution in [0.4, 0.5) is 4.39 Å². The highest BCUT2D eigenvalue weighted by Gasteiger charge is 2.10. The fraction of sp³-hybridized carbons (Fsp3) is 0.118. The van der Waals surface area contributed by atoms with Gasteiger partial charge in [-0.3, -0.25) is 0 Å². The fourth-order valence-corrected chi connectivity index (χ4v) is 2.16. The molecule has 0 bridgehead atoms. The van der Waals surface area contributed by atoms with Gasteiger partial charge in [0, 0.05) is 23.6 Å². The molecule has 0 spiro atoms. The van der Waals surface area contributed by atoms with Gasteiger partial charge >= 0.3 is 0 Å². The van der Waals surface area contributed by atoms with Crippen LogP contribution in [-0.4, -0.2) is 4.98 Å². The van der Waals surface area contributed by atoms with Gasteiger partial charge in [0.1, 0.15) is 11.6 Å². The van der Waals surface area contributed by atoms with E-state index < -0.39 is 0 Å². The van der Waals surface area contributed by atoms with Crippen LogP contribution in [0.25, 0.3) is 10.9 Å². The van der Waals surface area contributed by atoms with Crippen LogP contribution in [0.5, 0.6) is 11.6 Å². The molecule has 0 fully saturated rings. The monoisotopic (exact) mass is 282 g/mol. The van der Waals surface area contributed by atoms with Gasteiger partial charge < -0.3 is 10.5 Å². The molecule has 0 unspecified atom stereocenters. The van der Waals surface area contributed by atoms with E-state index in [0.717, 1.165) is 22.0 Å². The standard InChI is InChI=1S/C17H15FN2O/c1-11-6-7-14(18)9-16(11)21-17-13(10-19)8-12-4-2-3-5-15(12)20-17/h2-9H,10,19H2,1H3. The van der Waals surface area contributed by atoms with Crippen molar-refractivity contribution in [2.45, 2.75) is 13.5 Å². The number of hydrogen-bond donors (Lipinski definition) is 1. The summed E-state index contributed by atoms with van der Waals surface area (Å²) in [6.45, 7) is 2.17. The molecule has 1 heterocycles. The molecular formula is C17H15FN2O. The Morgan fingerprint density at radius 3 is 2.76 bits per heavy atom. The number of pyridine rings is 1. The lowest BCUT2D eigenvalue weighted by molar-refractivity contribution is 0.450. The first kappa shape index (κ1) is 13.5. The highest BCUT2D eigenvalue weighted by molar-refractivity contribution is 5.80. The SMILES string of the molecule is Cc1ccc(F)cc1Oc1nc2ccccc2cc1CN. The Hall–Kier alpha value is -2.46. The highest BCUT2D eigenvalue weighted by Crippen LogP contribution is 2.29. The summed E-state index contributed by atoms with van der Waals surface area (Å²) in [5.41, 5.74) is 8.22. The summed E-state index contributed by atoms with van der Waals surface area (Å²) < 4.78 is 19.1. The zero-order valence-corrected chi connectivity index (χ0v) is 11.6. The van der Waals surface area contributed by atoms with Crippen LogP contribution in [0.1, 0.15) is 11.1 Å². The largest absolute Gasteiger partial charge is 0.438 e. The van der Waals surface area contributed by atoms with Crippen molar-refractivity contribution >= 4 is 10.9 Å². The Labute approximate surface area is 122 Å². The minimum Gasteiger partial charge on any atom is -0.438 e. The lowest BCUT2D eigenvalue weighted by Crippen LogP contribution is -2.02. The maximum absolute atomic E-state index is 13.4. The summed E-state index contributed by atoms with van der Waals surface area (Å²) in [6, 6.07) is 14.1. The Bertz CT molecular complexity index is 802. The van der Waals surface area contributed by atoms with E-state index in [2.05, 4.69) is 4.98 Å². The fourth-order valence-electron chi connectivity index (χ4n) is 2.16. The Kier molecular flexibility index (Phi) is 3.54. The van der Waals surface area contributed by atoms with Crippen molar-refractivity contribution in [2.75, 3.05) is 0 Å². The van der Waals surface area contributed by atoms with Crippen LogP contribution in [0, 0.1) is 12.7 Å². The number of nitrogens with zero attached hydrogens (tertiary/aromatic N) is 1. The molecule has 0 saturated carbocycles. The topological polar surface area (TPSA) is 48.1 Å². The summed E-state index contributed by atoms with van der Waals surface area (Å²) in [6.07, 6.45) is 0. The molecule has 21 heavy (non-hydrogen) atoms. The molecule has 3 aromatic rings. The Balaban J connectivity index is 2.08. The molecule has 3 rings (SSSR count). The molecular weight excluding hydrogens is 267 g/mol. The summed E-state index contributed by atoms with van der Waals surface area (Å²) >= 11 is 0. The van der Waals surface area contributed by atoms with E-state index in [-0.39, 0.29) is 5.82 Å². The van der Waals surface area contributed by atoms with Crippen molar-refractivity contribution < 1.29 is 9.13 Å². The molecule has 1 aromatic heterocycles. The third-order valence-electron chi connectivity index (χ3n) is 3.34. The van der Waals surface area contributed by atoms with Crippen LogP contribution in [0.3, 0.4) is 0 Å². The van der Waals surface area contributed by atoms with E-state index in [1.807, 2.05) is 37.3 Å². The first-order valence-corrected chi connectivity index (χ1v) is 6.70. The second kappa shape index (κ2) is 5.50. The van der Waals surface area contributed by atoms with E-state index in [1.165, 1.54) is 12.1 Å². The van der Waals surface area contributed by atoms with Crippen molar-refractivity contribution in [3.05, 3.63) is 65.5 Å². The number of para-hydroxylation sites is 1. The van der Waals surface area contributed by atoms with E-state index >= 15 is 0 Å². The van der Waals surface area contributed by atoms with E-state index in [1.54, 1.807) is 6.07 Å². The van der Waals surface area contributed by atoms with E-state index in [4.69, 9.17) is 10.5 Å². The molecule has 0 saturated heterocycles. The van der Waals surface area contributed by atoms with Crippen molar-refractivity contribution in [1.82, 2.24) is 4.98 Å². The molecule has 0 aliphatic heterocycles. The second-order valence-electron chi connectivity index (χ2n) is 4.86. The van der Waals surface area contributed by atoms with Crippen LogP contribution in [0.2, 0.25) is 0 Å². The van der Waals surface area contributed by atoms with Crippen LogP contribution in [-0.2, 0) is 6.54 Å². The summed E-state index contributed by atoms with van der Waals surface area (Å²) in [5, 5.41) is 1.00. The Morgan fingerprint density at radius 1 is 1.14 bits per heavy atom. The third kappa shape index (κ3) is 2.71. The normalized spacial score (nSPS) is 10.8. The Morgan fingerprint density at radius 2 is 1.95 bits per heavy atom. The number of ether oxygens (including phenoxy) is 1. The molecule has 2 aromatic carbocycles. The number of fused-ring (bicyclic) bond motifs is 1. The minimum absolute atomic E-state index is 0.307. The number of hydrogen-bond acceptors (Lipinski definition) is 3. The third-order valence-corrected chi connectivity index (χ3v) is 3.34. The lowest BCUT2D eigenvalue weighted by Gasteiger charge is -2.12. The van der Waals surface area contributed by atoms with Gasteiger partial charge in [-0.25, -0.2) is 9.37 Å². The smallest absolute Gasteiger partial charge is 0.224 e. The lowest BCUT2D eigenvalue weighted by atomic mass is 10.1. The first-order valence-electron chi connectivity index (χ1n) is 6.70. The molecule has 0 amide bonds. The molecule has 0 atom stereocenters. The van der Waals surface area contributed by atoms with Gasteiger partial charge in [-0.1, -0.05) is 24.3 Å². The summed E-state index contributed by atoms with van der Waals surface area (Å²) in [5.74, 6) is 0.531.